The molecule has 1 atom stereocenters. The van der Waals surface area contributed by atoms with Crippen LogP contribution in [0.3, 0.4) is 0 Å². The summed E-state index contributed by atoms with van der Waals surface area (Å²) < 4.78 is 5.12. The van der Waals surface area contributed by atoms with Gasteiger partial charge in [-0.2, -0.15) is 0 Å². The standard InChI is InChI=1S/C18H27N3O4S/c1-12-14(13(2)20-17(19-12)26-4)6-7-15(22)21-9-5-8-18(10-21,11-25-3)16(23)24/h5-11H2,1-4H3,(H,23,24). The van der Waals surface area contributed by atoms with E-state index in [1.54, 1.807) is 4.90 Å². The monoisotopic (exact) mass is 381 g/mol. The maximum absolute atomic E-state index is 12.7. The lowest BCUT2D eigenvalue weighted by Gasteiger charge is -2.39. The van der Waals surface area contributed by atoms with E-state index in [2.05, 4.69) is 9.97 Å². The van der Waals surface area contributed by atoms with Crippen LogP contribution in [0.5, 0.6) is 0 Å². The molecule has 0 spiro atoms. The zero-order valence-electron chi connectivity index (χ0n) is 15.9. The summed E-state index contributed by atoms with van der Waals surface area (Å²) in [4.78, 5) is 35.0. The molecule has 1 aromatic rings. The maximum atomic E-state index is 12.7. The highest BCUT2D eigenvalue weighted by molar-refractivity contribution is 7.98. The van der Waals surface area contributed by atoms with Crippen LogP contribution in [0.1, 0.15) is 36.2 Å². The summed E-state index contributed by atoms with van der Waals surface area (Å²) in [7, 11) is 1.50. The number of aliphatic carboxylic acids is 1. The third kappa shape index (κ3) is 4.54. The summed E-state index contributed by atoms with van der Waals surface area (Å²) in [6, 6.07) is 0. The number of carbonyl (C=O) groups excluding carboxylic acids is 1. The molecule has 1 aliphatic rings. The first-order valence-corrected chi connectivity index (χ1v) is 9.93. The Morgan fingerprint density at radius 3 is 2.50 bits per heavy atom. The van der Waals surface area contributed by atoms with Crippen molar-refractivity contribution in [1.82, 2.24) is 14.9 Å². The molecule has 0 aromatic carbocycles. The van der Waals surface area contributed by atoms with Crippen molar-refractivity contribution in [3.8, 4) is 0 Å². The van der Waals surface area contributed by atoms with E-state index in [1.165, 1.54) is 18.9 Å². The van der Waals surface area contributed by atoms with Gasteiger partial charge in [0.2, 0.25) is 5.91 Å². The first kappa shape index (κ1) is 20.6. The molecule has 7 nitrogen and oxygen atoms in total. The van der Waals surface area contributed by atoms with Gasteiger partial charge < -0.3 is 14.7 Å². The number of hydrogen-bond donors (Lipinski definition) is 1. The van der Waals surface area contributed by atoms with Crippen molar-refractivity contribution in [2.75, 3.05) is 33.1 Å². The van der Waals surface area contributed by atoms with Crippen molar-refractivity contribution in [1.29, 1.82) is 0 Å². The number of carbonyl (C=O) groups is 2. The molecule has 0 radical (unpaired) electrons. The minimum Gasteiger partial charge on any atom is -0.481 e. The quantitative estimate of drug-likeness (QED) is 0.571. The number of aromatic nitrogens is 2. The van der Waals surface area contributed by atoms with E-state index in [4.69, 9.17) is 4.74 Å². The number of amides is 1. The molecule has 1 aliphatic heterocycles. The Morgan fingerprint density at radius 2 is 1.96 bits per heavy atom. The Labute approximate surface area is 158 Å². The maximum Gasteiger partial charge on any atom is 0.313 e. The second kappa shape index (κ2) is 8.81. The zero-order chi connectivity index (χ0) is 19.3. The van der Waals surface area contributed by atoms with Gasteiger partial charge in [0.25, 0.3) is 0 Å². The van der Waals surface area contributed by atoms with Gasteiger partial charge >= 0.3 is 5.97 Å². The lowest BCUT2D eigenvalue weighted by Crippen LogP contribution is -2.52. The number of hydrogen-bond acceptors (Lipinski definition) is 6. The van der Waals surface area contributed by atoms with Crippen LogP contribution in [-0.2, 0) is 20.7 Å². The molecule has 1 N–H and O–H groups in total. The minimum atomic E-state index is -1.00. The number of thioether (sulfide) groups is 1. The number of piperidine rings is 1. The van der Waals surface area contributed by atoms with Crippen LogP contribution < -0.4 is 0 Å². The van der Waals surface area contributed by atoms with Crippen molar-refractivity contribution in [3.63, 3.8) is 0 Å². The van der Waals surface area contributed by atoms with E-state index in [0.717, 1.165) is 22.1 Å². The summed E-state index contributed by atoms with van der Waals surface area (Å²) in [6.45, 7) is 4.78. The van der Waals surface area contributed by atoms with E-state index < -0.39 is 11.4 Å². The SMILES string of the molecule is COCC1(C(=O)O)CCCN(C(=O)CCc2c(C)nc(SC)nc2C)C1. The van der Waals surface area contributed by atoms with E-state index in [-0.39, 0.29) is 19.1 Å². The molecule has 2 rings (SSSR count). The van der Waals surface area contributed by atoms with Crippen molar-refractivity contribution in [2.45, 2.75) is 44.7 Å². The largest absolute Gasteiger partial charge is 0.481 e. The van der Waals surface area contributed by atoms with Crippen LogP contribution in [-0.4, -0.2) is 64.9 Å². The summed E-state index contributed by atoms with van der Waals surface area (Å²) in [5, 5.41) is 10.3. The Kier molecular flexibility index (Phi) is 7.00. The number of carboxylic acid groups (broad SMARTS) is 1. The van der Waals surface area contributed by atoms with Gasteiger partial charge in [0.15, 0.2) is 5.16 Å². The van der Waals surface area contributed by atoms with Gasteiger partial charge in [0, 0.05) is 38.0 Å². The molecule has 0 aliphatic carbocycles. The number of carboxylic acids is 1. The van der Waals surface area contributed by atoms with E-state index in [0.29, 0.717) is 32.2 Å². The van der Waals surface area contributed by atoms with Crippen LogP contribution in [0.2, 0.25) is 0 Å². The Hall–Kier alpha value is -1.67. The highest BCUT2D eigenvalue weighted by Gasteiger charge is 2.43. The molecule has 144 valence electrons. The molecular formula is C18H27N3O4S. The first-order chi connectivity index (χ1) is 12.3. The van der Waals surface area contributed by atoms with E-state index in [1.807, 2.05) is 20.1 Å². The van der Waals surface area contributed by atoms with Gasteiger partial charge in [-0.25, -0.2) is 9.97 Å². The number of rotatable bonds is 7. The fourth-order valence-electron chi connectivity index (χ4n) is 3.53. The van der Waals surface area contributed by atoms with Gasteiger partial charge in [-0.1, -0.05) is 11.8 Å². The zero-order valence-corrected chi connectivity index (χ0v) is 16.7. The average Bonchev–Trinajstić information content (AvgIpc) is 2.60. The Bertz CT molecular complexity index is 655. The number of likely N-dealkylation sites (tertiary alicyclic amines) is 1. The smallest absolute Gasteiger partial charge is 0.313 e. The third-order valence-electron chi connectivity index (χ3n) is 4.98. The van der Waals surface area contributed by atoms with Crippen molar-refractivity contribution in [3.05, 3.63) is 17.0 Å². The molecule has 26 heavy (non-hydrogen) atoms. The van der Waals surface area contributed by atoms with Gasteiger partial charge in [-0.15, -0.1) is 0 Å². The summed E-state index contributed by atoms with van der Waals surface area (Å²) in [5.41, 5.74) is 1.78. The number of methoxy groups -OCH3 is 1. The normalized spacial score (nSPS) is 20.2. The summed E-state index contributed by atoms with van der Waals surface area (Å²) in [5.74, 6) is -0.927. The van der Waals surface area contributed by atoms with Crippen molar-refractivity contribution in [2.24, 2.45) is 5.41 Å². The van der Waals surface area contributed by atoms with Crippen LogP contribution in [0.15, 0.2) is 5.16 Å². The molecule has 0 bridgehead atoms. The topological polar surface area (TPSA) is 92.6 Å². The molecule has 1 unspecified atom stereocenters. The molecule has 1 saturated heterocycles. The lowest BCUT2D eigenvalue weighted by atomic mass is 9.80. The molecule has 1 fully saturated rings. The molecule has 1 amide bonds. The fraction of sp³-hybridized carbons (Fsp3) is 0.667. The predicted molar refractivity (Wildman–Crippen MR) is 99.4 cm³/mol. The van der Waals surface area contributed by atoms with Crippen LogP contribution in [0, 0.1) is 19.3 Å². The van der Waals surface area contributed by atoms with E-state index >= 15 is 0 Å². The van der Waals surface area contributed by atoms with Crippen molar-refractivity contribution < 1.29 is 19.4 Å². The fourth-order valence-corrected chi connectivity index (χ4v) is 3.98. The number of nitrogens with zero attached hydrogens (tertiary/aromatic N) is 3. The molecule has 0 saturated carbocycles. The van der Waals surface area contributed by atoms with Crippen LogP contribution >= 0.6 is 11.8 Å². The second-order valence-corrected chi connectivity index (χ2v) is 7.57. The minimum absolute atomic E-state index is 0.0285. The Balaban J connectivity index is 2.05. The van der Waals surface area contributed by atoms with Crippen LogP contribution in [0.25, 0.3) is 0 Å². The van der Waals surface area contributed by atoms with Crippen LogP contribution in [0.4, 0.5) is 0 Å². The van der Waals surface area contributed by atoms with Gasteiger partial charge in [-0.05, 0) is 44.9 Å². The van der Waals surface area contributed by atoms with Gasteiger partial charge in [0.05, 0.1) is 6.61 Å². The second-order valence-electron chi connectivity index (χ2n) is 6.80. The highest BCUT2D eigenvalue weighted by Crippen LogP contribution is 2.31. The number of ether oxygens (including phenoxy) is 1. The lowest BCUT2D eigenvalue weighted by molar-refractivity contribution is -0.159. The summed E-state index contributed by atoms with van der Waals surface area (Å²) in [6.07, 6.45) is 4.02. The van der Waals surface area contributed by atoms with Crippen molar-refractivity contribution >= 4 is 23.6 Å². The van der Waals surface area contributed by atoms with Gasteiger partial charge in [-0.3, -0.25) is 9.59 Å². The van der Waals surface area contributed by atoms with E-state index in [9.17, 15) is 14.7 Å². The predicted octanol–water partition coefficient (Wildman–Crippen LogP) is 2.09. The first-order valence-electron chi connectivity index (χ1n) is 8.71. The molecule has 8 heteroatoms. The summed E-state index contributed by atoms with van der Waals surface area (Å²) >= 11 is 1.50. The molecule has 1 aromatic heterocycles. The average molecular weight is 381 g/mol. The third-order valence-corrected chi connectivity index (χ3v) is 5.52. The van der Waals surface area contributed by atoms with Gasteiger partial charge in [0.1, 0.15) is 5.41 Å². The number of aryl methyl sites for hydroxylation is 2. The highest BCUT2D eigenvalue weighted by atomic mass is 32.2. The molecular weight excluding hydrogens is 354 g/mol. The Morgan fingerprint density at radius 1 is 1.31 bits per heavy atom. The molecule has 2 heterocycles.